The summed E-state index contributed by atoms with van der Waals surface area (Å²) in [7, 11) is 0. The minimum absolute atomic E-state index is 0.148. The number of hydrogen-bond acceptors (Lipinski definition) is 9. The Labute approximate surface area is 151 Å². The van der Waals surface area contributed by atoms with Crippen molar-refractivity contribution in [2.24, 2.45) is 11.8 Å². The summed E-state index contributed by atoms with van der Waals surface area (Å²) >= 11 is 0. The Morgan fingerprint density at radius 1 is 1.00 bits per heavy atom. The standard InChI is InChI=1S/C15H27N3O8/c1-6-13(19)26-16-14(2,3)11(9-24-17(20)21)7-8-12(15(16,4)5)10-25-18(22)23/h11-12H,6-10H2,1-5H3. The summed E-state index contributed by atoms with van der Waals surface area (Å²) in [6.45, 7) is 8.55. The highest BCUT2D eigenvalue weighted by Crippen LogP contribution is 2.43. The predicted molar refractivity (Wildman–Crippen MR) is 88.5 cm³/mol. The maximum absolute atomic E-state index is 12.0. The summed E-state index contributed by atoms with van der Waals surface area (Å²) in [6, 6.07) is 0. The fourth-order valence-corrected chi connectivity index (χ4v) is 3.46. The molecule has 0 aromatic carbocycles. The van der Waals surface area contributed by atoms with Gasteiger partial charge in [-0.2, -0.15) is 0 Å². The molecule has 1 fully saturated rings. The van der Waals surface area contributed by atoms with Crippen molar-refractivity contribution >= 4 is 5.97 Å². The molecule has 11 heteroatoms. The van der Waals surface area contributed by atoms with Gasteiger partial charge in [0, 0.05) is 18.3 Å². The van der Waals surface area contributed by atoms with Crippen molar-refractivity contribution in [1.29, 1.82) is 0 Å². The number of carbonyl (C=O) groups excluding carboxylic acids is 1. The molecule has 1 rings (SSSR count). The van der Waals surface area contributed by atoms with Crippen LogP contribution in [0.15, 0.2) is 0 Å². The Morgan fingerprint density at radius 2 is 1.38 bits per heavy atom. The minimum atomic E-state index is -0.859. The SMILES string of the molecule is CCC(=O)ON1C(C)(C)C(CO[N+](=O)[O-])CCC(CO[N+](=O)[O-])C1(C)C. The van der Waals surface area contributed by atoms with Crippen molar-refractivity contribution < 1.29 is 29.5 Å². The normalized spacial score (nSPS) is 25.0. The van der Waals surface area contributed by atoms with E-state index in [0.717, 1.165) is 0 Å². The zero-order chi connectivity index (χ0) is 20.1. The van der Waals surface area contributed by atoms with Gasteiger partial charge in [0.25, 0.3) is 10.2 Å². The molecule has 0 radical (unpaired) electrons. The predicted octanol–water partition coefficient (Wildman–Crippen LogP) is 2.16. The molecule has 150 valence electrons. The first-order valence-electron chi connectivity index (χ1n) is 8.48. The van der Waals surface area contributed by atoms with Crippen LogP contribution in [0.4, 0.5) is 0 Å². The molecule has 1 saturated heterocycles. The molecule has 1 heterocycles. The minimum Gasteiger partial charge on any atom is -0.367 e. The third kappa shape index (κ3) is 5.16. The van der Waals surface area contributed by atoms with E-state index in [1.807, 2.05) is 27.7 Å². The molecule has 0 saturated carbocycles. The molecule has 0 amide bonds. The maximum Gasteiger partial charge on any atom is 0.324 e. The molecule has 2 atom stereocenters. The first-order chi connectivity index (χ1) is 11.9. The third-order valence-electron chi connectivity index (χ3n) is 5.15. The molecule has 0 spiro atoms. The van der Waals surface area contributed by atoms with Gasteiger partial charge < -0.3 is 14.5 Å². The molecule has 0 aliphatic carbocycles. The largest absolute Gasteiger partial charge is 0.367 e. The number of hydroxylamine groups is 2. The monoisotopic (exact) mass is 377 g/mol. The van der Waals surface area contributed by atoms with Crippen molar-refractivity contribution in [2.45, 2.75) is 65.0 Å². The van der Waals surface area contributed by atoms with Gasteiger partial charge in [0.2, 0.25) is 0 Å². The number of hydrogen-bond donors (Lipinski definition) is 0. The zero-order valence-electron chi connectivity index (χ0n) is 15.8. The Kier molecular flexibility index (Phi) is 7.13. The summed E-state index contributed by atoms with van der Waals surface area (Å²) in [5.74, 6) is -1.13. The van der Waals surface area contributed by atoms with Gasteiger partial charge in [-0.1, -0.05) is 6.92 Å². The Bertz CT molecular complexity index is 499. The molecule has 0 bridgehead atoms. The van der Waals surface area contributed by atoms with Crippen molar-refractivity contribution in [1.82, 2.24) is 5.06 Å². The van der Waals surface area contributed by atoms with Gasteiger partial charge in [0.1, 0.15) is 13.2 Å². The van der Waals surface area contributed by atoms with Crippen LogP contribution in [0.5, 0.6) is 0 Å². The fourth-order valence-electron chi connectivity index (χ4n) is 3.46. The van der Waals surface area contributed by atoms with Crippen LogP contribution >= 0.6 is 0 Å². The quantitative estimate of drug-likeness (QED) is 0.460. The fraction of sp³-hybridized carbons (Fsp3) is 0.933. The molecule has 2 unspecified atom stereocenters. The first kappa shape index (κ1) is 21.9. The van der Waals surface area contributed by atoms with Crippen LogP contribution in [0.2, 0.25) is 0 Å². The summed E-state index contributed by atoms with van der Waals surface area (Å²) < 4.78 is 0. The lowest BCUT2D eigenvalue weighted by molar-refractivity contribution is -0.759. The van der Waals surface area contributed by atoms with Gasteiger partial charge in [-0.3, -0.25) is 4.79 Å². The number of carbonyl (C=O) groups is 1. The molecule has 0 aromatic rings. The van der Waals surface area contributed by atoms with Crippen molar-refractivity contribution in [3.8, 4) is 0 Å². The van der Waals surface area contributed by atoms with Crippen LogP contribution in [-0.4, -0.2) is 45.5 Å². The van der Waals surface area contributed by atoms with E-state index in [2.05, 4.69) is 9.68 Å². The zero-order valence-corrected chi connectivity index (χ0v) is 15.8. The second kappa shape index (κ2) is 8.47. The van der Waals surface area contributed by atoms with Gasteiger partial charge in [0.05, 0.1) is 11.1 Å². The smallest absolute Gasteiger partial charge is 0.324 e. The highest BCUT2D eigenvalue weighted by molar-refractivity contribution is 5.68. The van der Waals surface area contributed by atoms with Crippen LogP contribution in [0, 0.1) is 32.1 Å². The summed E-state index contributed by atoms with van der Waals surface area (Å²) in [5, 5.41) is 21.0. The van der Waals surface area contributed by atoms with Gasteiger partial charge in [-0.25, -0.2) is 0 Å². The van der Waals surface area contributed by atoms with Gasteiger partial charge in [0.15, 0.2) is 0 Å². The van der Waals surface area contributed by atoms with E-state index in [9.17, 15) is 25.0 Å². The Morgan fingerprint density at radius 3 is 1.69 bits per heavy atom. The summed E-state index contributed by atoms with van der Waals surface area (Å²) in [5.41, 5.74) is -1.60. The van der Waals surface area contributed by atoms with E-state index in [1.165, 1.54) is 5.06 Å². The molecule has 26 heavy (non-hydrogen) atoms. The number of nitrogens with zero attached hydrogens (tertiary/aromatic N) is 3. The van der Waals surface area contributed by atoms with E-state index in [0.29, 0.717) is 12.8 Å². The average Bonchev–Trinajstić information content (AvgIpc) is 2.58. The lowest BCUT2D eigenvalue weighted by atomic mass is 9.85. The van der Waals surface area contributed by atoms with E-state index < -0.39 is 27.2 Å². The Hall–Kier alpha value is -2.17. The highest BCUT2D eigenvalue weighted by atomic mass is 17.0. The van der Waals surface area contributed by atoms with Gasteiger partial charge in [-0.15, -0.1) is 25.3 Å². The van der Waals surface area contributed by atoms with E-state index >= 15 is 0 Å². The summed E-state index contributed by atoms with van der Waals surface area (Å²) in [4.78, 5) is 47.9. The lowest BCUT2D eigenvalue weighted by Gasteiger charge is -2.49. The summed E-state index contributed by atoms with van der Waals surface area (Å²) in [6.07, 6.45) is 1.14. The highest BCUT2D eigenvalue weighted by Gasteiger charge is 2.52. The van der Waals surface area contributed by atoms with Crippen LogP contribution in [0.1, 0.15) is 53.9 Å². The van der Waals surface area contributed by atoms with Gasteiger partial charge in [-0.05, 0) is 40.5 Å². The molecular formula is C15H27N3O8. The lowest BCUT2D eigenvalue weighted by Crippen LogP contribution is -2.61. The van der Waals surface area contributed by atoms with Crippen LogP contribution in [0.3, 0.4) is 0 Å². The third-order valence-corrected chi connectivity index (χ3v) is 5.15. The van der Waals surface area contributed by atoms with Crippen molar-refractivity contribution in [3.63, 3.8) is 0 Å². The topological polar surface area (TPSA) is 134 Å². The molecular weight excluding hydrogens is 350 g/mol. The maximum atomic E-state index is 12.0. The van der Waals surface area contributed by atoms with Crippen LogP contribution in [-0.2, 0) is 19.3 Å². The van der Waals surface area contributed by atoms with Crippen LogP contribution in [0.25, 0.3) is 0 Å². The second-order valence-electron chi connectivity index (χ2n) is 7.43. The van der Waals surface area contributed by atoms with E-state index in [4.69, 9.17) is 4.84 Å². The average molecular weight is 377 g/mol. The van der Waals surface area contributed by atoms with Crippen molar-refractivity contribution in [2.75, 3.05) is 13.2 Å². The van der Waals surface area contributed by atoms with Gasteiger partial charge >= 0.3 is 5.97 Å². The first-order valence-corrected chi connectivity index (χ1v) is 8.48. The Balaban J connectivity index is 3.20. The van der Waals surface area contributed by atoms with Crippen molar-refractivity contribution in [3.05, 3.63) is 20.2 Å². The van der Waals surface area contributed by atoms with Crippen LogP contribution < -0.4 is 0 Å². The molecule has 1 aliphatic rings. The number of rotatable bonds is 8. The van der Waals surface area contributed by atoms with E-state index in [-0.39, 0.29) is 31.5 Å². The molecule has 1 aliphatic heterocycles. The molecule has 0 N–H and O–H groups in total. The van der Waals surface area contributed by atoms with E-state index in [1.54, 1.807) is 6.92 Å². The molecule has 11 nitrogen and oxygen atoms in total. The second-order valence-corrected chi connectivity index (χ2v) is 7.43. The molecule has 0 aromatic heterocycles.